The minimum absolute atomic E-state index is 0.123. The van der Waals surface area contributed by atoms with Crippen LogP contribution in [0.15, 0.2) is 78.9 Å². The molecular weight excluding hydrogens is 446 g/mol. The third-order valence-corrected chi connectivity index (χ3v) is 6.44. The van der Waals surface area contributed by atoms with Crippen LogP contribution in [0.2, 0.25) is 5.02 Å². The Bertz CT molecular complexity index is 1290. The van der Waals surface area contributed by atoms with Gasteiger partial charge in [0.2, 0.25) is 0 Å². The number of amides is 1. The lowest BCUT2D eigenvalue weighted by molar-refractivity contribution is 0.0949. The van der Waals surface area contributed by atoms with Crippen molar-refractivity contribution in [1.29, 1.82) is 0 Å². The fraction of sp³-hybridized carbons (Fsp3) is 0.222. The van der Waals surface area contributed by atoms with E-state index in [0.29, 0.717) is 23.3 Å². The molecule has 1 saturated heterocycles. The Morgan fingerprint density at radius 3 is 2.44 bits per heavy atom. The van der Waals surface area contributed by atoms with Gasteiger partial charge in [0.05, 0.1) is 11.1 Å². The molecule has 6 nitrogen and oxygen atoms in total. The summed E-state index contributed by atoms with van der Waals surface area (Å²) in [5.74, 6) is -0.123. The van der Waals surface area contributed by atoms with Crippen molar-refractivity contribution in [3.05, 3.63) is 89.4 Å². The van der Waals surface area contributed by atoms with Crippen molar-refractivity contribution in [3.8, 4) is 11.3 Å². The highest BCUT2D eigenvalue weighted by molar-refractivity contribution is 6.30. The maximum atomic E-state index is 13.3. The number of aromatic nitrogens is 2. The van der Waals surface area contributed by atoms with E-state index in [2.05, 4.69) is 31.4 Å². The molecule has 0 unspecified atom stereocenters. The van der Waals surface area contributed by atoms with Gasteiger partial charge in [-0.1, -0.05) is 66.2 Å². The summed E-state index contributed by atoms with van der Waals surface area (Å²) in [5.41, 5.74) is 3.92. The Morgan fingerprint density at radius 1 is 0.882 bits per heavy atom. The molecule has 1 N–H and O–H groups in total. The van der Waals surface area contributed by atoms with Gasteiger partial charge in [0.15, 0.2) is 0 Å². The van der Waals surface area contributed by atoms with Crippen LogP contribution in [0.5, 0.6) is 0 Å². The maximum absolute atomic E-state index is 13.3. The van der Waals surface area contributed by atoms with E-state index in [4.69, 9.17) is 11.6 Å². The number of hydrogen-bond donors (Lipinski definition) is 1. The zero-order valence-corrected chi connectivity index (χ0v) is 19.6. The van der Waals surface area contributed by atoms with Crippen molar-refractivity contribution >= 4 is 34.1 Å². The summed E-state index contributed by atoms with van der Waals surface area (Å²) in [6.45, 7) is 5.12. The van der Waals surface area contributed by atoms with Gasteiger partial charge < -0.3 is 10.2 Å². The Morgan fingerprint density at radius 2 is 1.65 bits per heavy atom. The first-order chi connectivity index (χ1) is 16.7. The van der Waals surface area contributed by atoms with Gasteiger partial charge in [0, 0.05) is 60.9 Å². The molecule has 0 atom stereocenters. The highest BCUT2D eigenvalue weighted by Gasteiger charge is 2.20. The minimum atomic E-state index is -0.123. The molecule has 0 radical (unpaired) electrons. The van der Waals surface area contributed by atoms with Crippen LogP contribution in [-0.4, -0.2) is 60.3 Å². The second kappa shape index (κ2) is 10.2. The lowest BCUT2D eigenvalue weighted by Gasteiger charge is -2.36. The van der Waals surface area contributed by atoms with E-state index in [-0.39, 0.29) is 5.91 Å². The number of nitrogens with one attached hydrogen (secondary N) is 1. The zero-order valence-electron chi connectivity index (χ0n) is 18.8. The first kappa shape index (κ1) is 22.3. The van der Waals surface area contributed by atoms with Crippen molar-refractivity contribution in [2.75, 3.05) is 44.2 Å². The van der Waals surface area contributed by atoms with Crippen molar-refractivity contribution in [3.63, 3.8) is 0 Å². The number of nitrogens with zero attached hydrogens (tertiary/aromatic N) is 4. The van der Waals surface area contributed by atoms with Gasteiger partial charge in [-0.3, -0.25) is 9.69 Å². The van der Waals surface area contributed by atoms with Crippen molar-refractivity contribution in [2.45, 2.75) is 0 Å². The molecule has 3 aromatic carbocycles. The van der Waals surface area contributed by atoms with Gasteiger partial charge >= 0.3 is 0 Å². The first-order valence-electron chi connectivity index (χ1n) is 11.5. The molecule has 1 aliphatic heterocycles. The lowest BCUT2D eigenvalue weighted by Crippen LogP contribution is -2.48. The third-order valence-electron chi connectivity index (χ3n) is 6.20. The molecular formula is C27H26ClN5O. The summed E-state index contributed by atoms with van der Waals surface area (Å²) in [5, 5.41) is 13.4. The van der Waals surface area contributed by atoms with E-state index in [1.165, 1.54) is 0 Å². The third kappa shape index (κ3) is 4.88. The monoisotopic (exact) mass is 471 g/mol. The molecule has 5 rings (SSSR count). The second-order valence-corrected chi connectivity index (χ2v) is 8.81. The molecule has 2 heterocycles. The first-order valence-corrected chi connectivity index (χ1v) is 11.9. The topological polar surface area (TPSA) is 61.4 Å². The molecule has 0 saturated carbocycles. The Kier molecular flexibility index (Phi) is 6.70. The van der Waals surface area contributed by atoms with Gasteiger partial charge in [-0.05, 0) is 24.3 Å². The summed E-state index contributed by atoms with van der Waals surface area (Å²) in [6.07, 6.45) is 0. The fourth-order valence-electron chi connectivity index (χ4n) is 4.40. The van der Waals surface area contributed by atoms with Gasteiger partial charge in [0.1, 0.15) is 5.69 Å². The number of fused-ring (bicyclic) bond motifs is 1. The molecule has 1 amide bonds. The van der Waals surface area contributed by atoms with Gasteiger partial charge in [-0.25, -0.2) is 0 Å². The molecule has 1 fully saturated rings. The Hall–Kier alpha value is -3.48. The molecule has 0 aliphatic carbocycles. The van der Waals surface area contributed by atoms with Crippen LogP contribution in [0, 0.1) is 0 Å². The molecule has 0 bridgehead atoms. The molecule has 1 aliphatic rings. The van der Waals surface area contributed by atoms with E-state index in [1.807, 2.05) is 72.8 Å². The van der Waals surface area contributed by atoms with Gasteiger partial charge in [-0.2, -0.15) is 0 Å². The second-order valence-electron chi connectivity index (χ2n) is 8.37. The van der Waals surface area contributed by atoms with Crippen molar-refractivity contribution < 1.29 is 4.79 Å². The summed E-state index contributed by atoms with van der Waals surface area (Å²) < 4.78 is 0. The van der Waals surface area contributed by atoms with Crippen LogP contribution in [-0.2, 0) is 0 Å². The zero-order chi connectivity index (χ0) is 23.3. The summed E-state index contributed by atoms with van der Waals surface area (Å²) in [7, 11) is 0. The molecule has 34 heavy (non-hydrogen) atoms. The SMILES string of the molecule is O=C(NCCN1CCN(c2cccc(Cl)c2)CC1)c1c(-c2ccccc2)nnc2ccccc12. The maximum Gasteiger partial charge on any atom is 0.254 e. The number of carbonyl (C=O) groups is 1. The number of hydrogen-bond acceptors (Lipinski definition) is 5. The summed E-state index contributed by atoms with van der Waals surface area (Å²) in [4.78, 5) is 18.1. The number of halogens is 1. The molecule has 172 valence electrons. The molecule has 1 aromatic heterocycles. The lowest BCUT2D eigenvalue weighted by atomic mass is 10.0. The van der Waals surface area contributed by atoms with E-state index in [1.54, 1.807) is 0 Å². The quantitative estimate of drug-likeness (QED) is 0.448. The average molecular weight is 472 g/mol. The molecule has 7 heteroatoms. The Labute approximate surface area is 204 Å². The predicted octanol–water partition coefficient (Wildman–Crippen LogP) is 4.50. The Balaban J connectivity index is 1.24. The smallest absolute Gasteiger partial charge is 0.254 e. The standard InChI is InChI=1S/C27H26ClN5O/c28-21-9-6-10-22(19-21)33-17-15-32(16-18-33)14-13-29-27(34)25-23-11-4-5-12-24(23)30-31-26(25)20-7-2-1-3-8-20/h1-12,19H,13-18H2,(H,29,34). The van der Waals surface area contributed by atoms with E-state index in [9.17, 15) is 4.79 Å². The molecule has 0 spiro atoms. The number of piperazine rings is 1. The van der Waals surface area contributed by atoms with E-state index < -0.39 is 0 Å². The van der Waals surface area contributed by atoms with Crippen LogP contribution in [0.1, 0.15) is 10.4 Å². The normalized spacial score (nSPS) is 14.3. The van der Waals surface area contributed by atoms with Crippen molar-refractivity contribution in [2.24, 2.45) is 0 Å². The van der Waals surface area contributed by atoms with Crippen LogP contribution in [0.25, 0.3) is 22.2 Å². The number of benzene rings is 3. The van der Waals surface area contributed by atoms with Crippen LogP contribution in [0.3, 0.4) is 0 Å². The van der Waals surface area contributed by atoms with E-state index in [0.717, 1.165) is 54.4 Å². The minimum Gasteiger partial charge on any atom is -0.369 e. The highest BCUT2D eigenvalue weighted by atomic mass is 35.5. The van der Waals surface area contributed by atoms with E-state index >= 15 is 0 Å². The summed E-state index contributed by atoms with van der Waals surface area (Å²) in [6, 6.07) is 25.4. The largest absolute Gasteiger partial charge is 0.369 e. The average Bonchev–Trinajstić information content (AvgIpc) is 2.89. The van der Waals surface area contributed by atoms with Crippen molar-refractivity contribution in [1.82, 2.24) is 20.4 Å². The highest BCUT2D eigenvalue weighted by Crippen LogP contribution is 2.27. The van der Waals surface area contributed by atoms with Crippen LogP contribution < -0.4 is 10.2 Å². The van der Waals surface area contributed by atoms with Gasteiger partial charge in [-0.15, -0.1) is 10.2 Å². The number of carbonyl (C=O) groups excluding carboxylic acids is 1. The molecule has 4 aromatic rings. The number of rotatable bonds is 6. The fourth-order valence-corrected chi connectivity index (χ4v) is 4.58. The number of anilines is 1. The van der Waals surface area contributed by atoms with Crippen LogP contribution in [0.4, 0.5) is 5.69 Å². The van der Waals surface area contributed by atoms with Crippen LogP contribution >= 0.6 is 11.6 Å². The summed E-state index contributed by atoms with van der Waals surface area (Å²) >= 11 is 6.14. The van der Waals surface area contributed by atoms with Gasteiger partial charge in [0.25, 0.3) is 5.91 Å². The predicted molar refractivity (Wildman–Crippen MR) is 137 cm³/mol.